The number of thioether (sulfide) groups is 1. The average Bonchev–Trinajstić information content (AvgIpc) is 2.93. The quantitative estimate of drug-likeness (QED) is 0.852. The van der Waals surface area contributed by atoms with E-state index in [2.05, 4.69) is 15.0 Å². The minimum atomic E-state index is 0.223. The smallest absolute Gasteiger partial charge is 0.225 e. The number of carbonyl (C=O) groups excluding carboxylic acids is 1. The molecule has 2 saturated heterocycles. The van der Waals surface area contributed by atoms with Crippen LogP contribution in [-0.4, -0.2) is 58.5 Å². The van der Waals surface area contributed by atoms with Crippen LogP contribution < -0.4 is 0 Å². The molecule has 21 heavy (non-hydrogen) atoms. The second-order valence-electron chi connectivity index (χ2n) is 5.92. The molecule has 0 unspecified atom stereocenters. The first kappa shape index (κ1) is 14.9. The van der Waals surface area contributed by atoms with Gasteiger partial charge in [0.15, 0.2) is 5.76 Å². The van der Waals surface area contributed by atoms with E-state index in [4.69, 9.17) is 4.52 Å². The van der Waals surface area contributed by atoms with Gasteiger partial charge in [-0.3, -0.25) is 9.69 Å². The number of carbonyl (C=O) groups is 1. The molecule has 1 amide bonds. The van der Waals surface area contributed by atoms with E-state index in [1.54, 1.807) is 0 Å². The molecule has 6 heteroatoms. The Morgan fingerprint density at radius 3 is 2.67 bits per heavy atom. The topological polar surface area (TPSA) is 49.6 Å². The number of nitrogens with zero attached hydrogens (tertiary/aromatic N) is 3. The third-order valence-corrected chi connectivity index (χ3v) is 5.26. The predicted molar refractivity (Wildman–Crippen MR) is 83.1 cm³/mol. The Hall–Kier alpha value is -1.01. The molecule has 2 aliphatic heterocycles. The van der Waals surface area contributed by atoms with Crippen molar-refractivity contribution in [1.29, 1.82) is 0 Å². The largest absolute Gasteiger partial charge is 0.360 e. The van der Waals surface area contributed by atoms with Crippen LogP contribution in [0.1, 0.15) is 24.3 Å². The van der Waals surface area contributed by atoms with E-state index < -0.39 is 0 Å². The average molecular weight is 309 g/mol. The van der Waals surface area contributed by atoms with Gasteiger partial charge in [-0.05, 0) is 32.9 Å². The van der Waals surface area contributed by atoms with Crippen LogP contribution in [-0.2, 0) is 11.3 Å². The molecule has 0 radical (unpaired) electrons. The number of aryl methyl sites for hydroxylation is 1. The summed E-state index contributed by atoms with van der Waals surface area (Å²) in [4.78, 5) is 16.9. The Labute approximate surface area is 130 Å². The second kappa shape index (κ2) is 6.83. The molecule has 3 heterocycles. The summed E-state index contributed by atoms with van der Waals surface area (Å²) < 4.78 is 5.27. The molecule has 2 fully saturated rings. The van der Waals surface area contributed by atoms with E-state index in [9.17, 15) is 4.79 Å². The number of hydrogen-bond donors (Lipinski definition) is 0. The van der Waals surface area contributed by atoms with Crippen LogP contribution in [0.15, 0.2) is 10.6 Å². The number of amides is 1. The Morgan fingerprint density at radius 2 is 2.05 bits per heavy atom. The van der Waals surface area contributed by atoms with Crippen molar-refractivity contribution in [3.05, 3.63) is 17.5 Å². The minimum Gasteiger partial charge on any atom is -0.360 e. The fourth-order valence-corrected chi connectivity index (χ4v) is 3.99. The van der Waals surface area contributed by atoms with Crippen LogP contribution in [0.3, 0.4) is 0 Å². The molecule has 1 aromatic rings. The van der Waals surface area contributed by atoms with Crippen molar-refractivity contribution in [1.82, 2.24) is 15.0 Å². The van der Waals surface area contributed by atoms with Crippen LogP contribution in [0.4, 0.5) is 0 Å². The predicted octanol–water partition coefficient (Wildman–Crippen LogP) is 1.77. The molecular formula is C15H23N3O2S. The Bertz CT molecular complexity index is 477. The maximum Gasteiger partial charge on any atom is 0.225 e. The van der Waals surface area contributed by atoms with Crippen molar-refractivity contribution in [2.24, 2.45) is 5.92 Å². The molecule has 3 rings (SSSR count). The van der Waals surface area contributed by atoms with E-state index in [-0.39, 0.29) is 5.92 Å². The number of piperidine rings is 1. The highest BCUT2D eigenvalue weighted by Crippen LogP contribution is 2.22. The zero-order valence-electron chi connectivity index (χ0n) is 12.6. The lowest BCUT2D eigenvalue weighted by Crippen LogP contribution is -2.45. The normalized spacial score (nSPS) is 21.7. The molecule has 5 nitrogen and oxygen atoms in total. The minimum absolute atomic E-state index is 0.223. The lowest BCUT2D eigenvalue weighted by molar-refractivity contribution is -0.136. The third kappa shape index (κ3) is 3.80. The molecule has 0 saturated carbocycles. The standard InChI is InChI=1S/C15H23N3O2S/c1-12-10-14(20-16-12)11-17-4-2-13(3-5-17)15(19)18-6-8-21-9-7-18/h10,13H,2-9,11H2,1H3. The highest BCUT2D eigenvalue weighted by Gasteiger charge is 2.29. The highest BCUT2D eigenvalue weighted by atomic mass is 32.2. The van der Waals surface area contributed by atoms with Crippen LogP contribution >= 0.6 is 11.8 Å². The molecule has 1 aromatic heterocycles. The van der Waals surface area contributed by atoms with Gasteiger partial charge in [0.05, 0.1) is 12.2 Å². The third-order valence-electron chi connectivity index (χ3n) is 4.32. The monoisotopic (exact) mass is 309 g/mol. The summed E-state index contributed by atoms with van der Waals surface area (Å²) in [6.07, 6.45) is 1.94. The van der Waals surface area contributed by atoms with Gasteiger partial charge in [0, 0.05) is 36.6 Å². The summed E-state index contributed by atoms with van der Waals surface area (Å²) >= 11 is 1.95. The zero-order chi connectivity index (χ0) is 14.7. The molecular weight excluding hydrogens is 286 g/mol. The maximum absolute atomic E-state index is 12.5. The van der Waals surface area contributed by atoms with Gasteiger partial charge in [-0.2, -0.15) is 11.8 Å². The van der Waals surface area contributed by atoms with Crippen LogP contribution in [0, 0.1) is 12.8 Å². The van der Waals surface area contributed by atoms with Gasteiger partial charge in [-0.15, -0.1) is 0 Å². The number of likely N-dealkylation sites (tertiary alicyclic amines) is 1. The SMILES string of the molecule is Cc1cc(CN2CCC(C(=O)N3CCSCC3)CC2)on1. The summed E-state index contributed by atoms with van der Waals surface area (Å²) in [5.41, 5.74) is 0.929. The maximum atomic E-state index is 12.5. The van der Waals surface area contributed by atoms with Crippen molar-refractivity contribution in [2.45, 2.75) is 26.3 Å². The molecule has 0 aliphatic carbocycles. The lowest BCUT2D eigenvalue weighted by atomic mass is 9.95. The summed E-state index contributed by atoms with van der Waals surface area (Å²) in [5.74, 6) is 3.71. The Kier molecular flexibility index (Phi) is 4.85. The van der Waals surface area contributed by atoms with Crippen LogP contribution in [0.5, 0.6) is 0 Å². The van der Waals surface area contributed by atoms with E-state index in [0.717, 1.165) is 68.5 Å². The summed E-state index contributed by atoms with van der Waals surface area (Å²) in [7, 11) is 0. The molecule has 0 spiro atoms. The highest BCUT2D eigenvalue weighted by molar-refractivity contribution is 7.99. The summed E-state index contributed by atoms with van der Waals surface area (Å²) in [6.45, 7) is 6.55. The fraction of sp³-hybridized carbons (Fsp3) is 0.733. The first-order chi connectivity index (χ1) is 10.2. The van der Waals surface area contributed by atoms with Crippen LogP contribution in [0.25, 0.3) is 0 Å². The zero-order valence-corrected chi connectivity index (χ0v) is 13.4. The molecule has 2 aliphatic rings. The van der Waals surface area contributed by atoms with Crippen molar-refractivity contribution < 1.29 is 9.32 Å². The van der Waals surface area contributed by atoms with Gasteiger partial charge in [-0.25, -0.2) is 0 Å². The molecule has 0 bridgehead atoms. The summed E-state index contributed by atoms with van der Waals surface area (Å²) in [5, 5.41) is 3.92. The first-order valence-corrected chi connectivity index (χ1v) is 8.89. The van der Waals surface area contributed by atoms with Gasteiger partial charge >= 0.3 is 0 Å². The van der Waals surface area contributed by atoms with E-state index in [0.29, 0.717) is 5.91 Å². The van der Waals surface area contributed by atoms with Crippen LogP contribution in [0.2, 0.25) is 0 Å². The number of aromatic nitrogens is 1. The molecule has 0 atom stereocenters. The Balaban J connectivity index is 1.47. The van der Waals surface area contributed by atoms with Crippen molar-refractivity contribution in [2.75, 3.05) is 37.7 Å². The van der Waals surface area contributed by atoms with E-state index in [1.807, 2.05) is 24.8 Å². The fourth-order valence-electron chi connectivity index (χ4n) is 3.09. The Morgan fingerprint density at radius 1 is 1.33 bits per heavy atom. The van der Waals surface area contributed by atoms with Crippen molar-refractivity contribution in [3.8, 4) is 0 Å². The van der Waals surface area contributed by atoms with Gasteiger partial charge in [0.1, 0.15) is 0 Å². The van der Waals surface area contributed by atoms with Crippen molar-refractivity contribution in [3.63, 3.8) is 0 Å². The first-order valence-electron chi connectivity index (χ1n) is 7.73. The van der Waals surface area contributed by atoms with Gasteiger partial charge in [0.2, 0.25) is 5.91 Å². The lowest BCUT2D eigenvalue weighted by Gasteiger charge is -2.35. The van der Waals surface area contributed by atoms with Gasteiger partial charge in [-0.1, -0.05) is 5.16 Å². The number of hydrogen-bond acceptors (Lipinski definition) is 5. The second-order valence-corrected chi connectivity index (χ2v) is 7.15. The summed E-state index contributed by atoms with van der Waals surface area (Å²) in [6, 6.07) is 1.99. The van der Waals surface area contributed by atoms with E-state index >= 15 is 0 Å². The number of rotatable bonds is 3. The van der Waals surface area contributed by atoms with Gasteiger partial charge in [0.25, 0.3) is 0 Å². The van der Waals surface area contributed by atoms with Crippen molar-refractivity contribution >= 4 is 17.7 Å². The van der Waals surface area contributed by atoms with Gasteiger partial charge < -0.3 is 9.42 Å². The molecule has 116 valence electrons. The van der Waals surface area contributed by atoms with E-state index in [1.165, 1.54) is 0 Å². The molecule has 0 aromatic carbocycles. The molecule has 0 N–H and O–H groups in total.